The fourth-order valence-corrected chi connectivity index (χ4v) is 2.24. The summed E-state index contributed by atoms with van der Waals surface area (Å²) in [4.78, 5) is 4.25. The molecule has 0 saturated carbocycles. The fourth-order valence-electron chi connectivity index (χ4n) is 1.93. The van der Waals surface area contributed by atoms with Crippen molar-refractivity contribution in [3.63, 3.8) is 0 Å². The Morgan fingerprint density at radius 1 is 1.29 bits per heavy atom. The molecule has 0 spiro atoms. The number of hydrogen-bond acceptors (Lipinski definition) is 3. The summed E-state index contributed by atoms with van der Waals surface area (Å²) in [5.74, 6) is 0.534. The highest BCUT2D eigenvalue weighted by molar-refractivity contribution is 6.31. The molecule has 1 heterocycles. The SMILES string of the molecule is COC(C)c1c(Oc2cnc(C)c(C)c2)ccc(F)c1Cl. The van der Waals surface area contributed by atoms with E-state index in [2.05, 4.69) is 4.98 Å². The molecule has 0 aliphatic carbocycles. The van der Waals surface area contributed by atoms with Gasteiger partial charge in [-0.2, -0.15) is 0 Å². The zero-order valence-corrected chi connectivity index (χ0v) is 13.2. The Bertz CT molecular complexity index is 661. The highest BCUT2D eigenvalue weighted by Crippen LogP contribution is 2.37. The van der Waals surface area contributed by atoms with Crippen LogP contribution in [0.1, 0.15) is 29.8 Å². The summed E-state index contributed by atoms with van der Waals surface area (Å²) in [7, 11) is 1.53. The van der Waals surface area contributed by atoms with Crippen molar-refractivity contribution in [2.24, 2.45) is 0 Å². The van der Waals surface area contributed by atoms with E-state index in [0.717, 1.165) is 11.3 Å². The lowest BCUT2D eigenvalue weighted by molar-refractivity contribution is 0.117. The van der Waals surface area contributed by atoms with Crippen molar-refractivity contribution in [3.05, 3.63) is 52.1 Å². The molecule has 0 amide bonds. The molecular formula is C16H17ClFNO2. The topological polar surface area (TPSA) is 31.4 Å². The van der Waals surface area contributed by atoms with Crippen LogP contribution in [0.2, 0.25) is 5.02 Å². The molecule has 5 heteroatoms. The Balaban J connectivity index is 2.43. The highest BCUT2D eigenvalue weighted by Gasteiger charge is 2.19. The lowest BCUT2D eigenvalue weighted by Crippen LogP contribution is -2.02. The molecule has 1 aromatic heterocycles. The van der Waals surface area contributed by atoms with E-state index in [9.17, 15) is 4.39 Å². The van der Waals surface area contributed by atoms with Gasteiger partial charge in [0.15, 0.2) is 0 Å². The van der Waals surface area contributed by atoms with Gasteiger partial charge in [-0.15, -0.1) is 0 Å². The molecule has 1 atom stereocenters. The lowest BCUT2D eigenvalue weighted by Gasteiger charge is -2.18. The van der Waals surface area contributed by atoms with Crippen LogP contribution in [-0.2, 0) is 4.74 Å². The molecule has 21 heavy (non-hydrogen) atoms. The van der Waals surface area contributed by atoms with E-state index in [1.165, 1.54) is 13.2 Å². The number of benzene rings is 1. The zero-order valence-electron chi connectivity index (χ0n) is 12.4. The predicted molar refractivity (Wildman–Crippen MR) is 80.6 cm³/mol. The van der Waals surface area contributed by atoms with Crippen molar-refractivity contribution in [3.8, 4) is 11.5 Å². The fraction of sp³-hybridized carbons (Fsp3) is 0.312. The van der Waals surface area contributed by atoms with Crippen LogP contribution in [0.3, 0.4) is 0 Å². The predicted octanol–water partition coefficient (Wildman–Crippen LogP) is 4.99. The molecule has 0 bridgehead atoms. The van der Waals surface area contributed by atoms with Gasteiger partial charge in [0.25, 0.3) is 0 Å². The van der Waals surface area contributed by atoms with E-state index < -0.39 is 5.82 Å². The number of methoxy groups -OCH3 is 1. The maximum atomic E-state index is 13.7. The Morgan fingerprint density at radius 3 is 2.62 bits per heavy atom. The van der Waals surface area contributed by atoms with Crippen molar-refractivity contribution >= 4 is 11.6 Å². The van der Waals surface area contributed by atoms with Crippen LogP contribution >= 0.6 is 11.6 Å². The van der Waals surface area contributed by atoms with Crippen LogP contribution in [0.5, 0.6) is 11.5 Å². The maximum absolute atomic E-state index is 13.7. The molecule has 2 rings (SSSR count). The van der Waals surface area contributed by atoms with E-state index >= 15 is 0 Å². The molecule has 0 N–H and O–H groups in total. The van der Waals surface area contributed by atoms with Gasteiger partial charge in [-0.1, -0.05) is 11.6 Å². The lowest BCUT2D eigenvalue weighted by atomic mass is 10.1. The third-order valence-electron chi connectivity index (χ3n) is 3.40. The quantitative estimate of drug-likeness (QED) is 0.797. The number of ether oxygens (including phenoxy) is 2. The van der Waals surface area contributed by atoms with E-state index in [-0.39, 0.29) is 11.1 Å². The first kappa shape index (κ1) is 15.7. The van der Waals surface area contributed by atoms with Gasteiger partial charge < -0.3 is 9.47 Å². The van der Waals surface area contributed by atoms with Crippen LogP contribution in [-0.4, -0.2) is 12.1 Å². The molecular weight excluding hydrogens is 293 g/mol. The van der Waals surface area contributed by atoms with Crippen LogP contribution in [0.4, 0.5) is 4.39 Å². The average Bonchev–Trinajstić information content (AvgIpc) is 2.46. The maximum Gasteiger partial charge on any atom is 0.146 e. The molecule has 112 valence electrons. The van der Waals surface area contributed by atoms with E-state index in [1.54, 1.807) is 19.2 Å². The summed E-state index contributed by atoms with van der Waals surface area (Å²) < 4.78 is 24.7. The van der Waals surface area contributed by atoms with Gasteiger partial charge in [0.05, 0.1) is 17.3 Å². The molecule has 0 radical (unpaired) electrons. The van der Waals surface area contributed by atoms with Gasteiger partial charge in [-0.05, 0) is 44.5 Å². The van der Waals surface area contributed by atoms with Gasteiger partial charge in [0.2, 0.25) is 0 Å². The van der Waals surface area contributed by atoms with Gasteiger partial charge in [-0.25, -0.2) is 4.39 Å². The summed E-state index contributed by atoms with van der Waals surface area (Å²) in [5, 5.41) is 0.0126. The van der Waals surface area contributed by atoms with E-state index in [1.807, 2.05) is 19.9 Å². The third kappa shape index (κ3) is 3.34. The summed E-state index contributed by atoms with van der Waals surface area (Å²) in [6.45, 7) is 5.66. The van der Waals surface area contributed by atoms with Crippen LogP contribution in [0.25, 0.3) is 0 Å². The third-order valence-corrected chi connectivity index (χ3v) is 3.78. The summed E-state index contributed by atoms with van der Waals surface area (Å²) >= 11 is 6.04. The second kappa shape index (κ2) is 6.41. The number of aromatic nitrogens is 1. The number of nitrogens with zero attached hydrogens (tertiary/aromatic N) is 1. The van der Waals surface area contributed by atoms with Crippen LogP contribution in [0, 0.1) is 19.7 Å². The van der Waals surface area contributed by atoms with Gasteiger partial charge in [0.1, 0.15) is 17.3 Å². The Hall–Kier alpha value is -1.65. The number of pyridine rings is 1. The molecule has 1 unspecified atom stereocenters. The molecule has 3 nitrogen and oxygen atoms in total. The number of hydrogen-bond donors (Lipinski definition) is 0. The molecule has 1 aromatic carbocycles. The minimum atomic E-state index is -0.499. The van der Waals surface area contributed by atoms with Crippen molar-refractivity contribution in [2.45, 2.75) is 26.9 Å². The number of halogens is 2. The Labute approximate surface area is 128 Å². The van der Waals surface area contributed by atoms with Gasteiger partial charge in [-0.3, -0.25) is 4.98 Å². The smallest absolute Gasteiger partial charge is 0.146 e. The largest absolute Gasteiger partial charge is 0.455 e. The minimum Gasteiger partial charge on any atom is -0.455 e. The molecule has 0 aliphatic heterocycles. The van der Waals surface area contributed by atoms with Crippen LogP contribution in [0.15, 0.2) is 24.4 Å². The molecule has 0 aliphatic rings. The average molecular weight is 310 g/mol. The van der Waals surface area contributed by atoms with Crippen molar-refractivity contribution in [1.82, 2.24) is 4.98 Å². The van der Waals surface area contributed by atoms with Crippen molar-refractivity contribution in [2.75, 3.05) is 7.11 Å². The van der Waals surface area contributed by atoms with Crippen LogP contribution < -0.4 is 4.74 Å². The standard InChI is InChI=1S/C16H17ClFNO2/c1-9-7-12(8-19-10(9)2)21-14-6-5-13(18)16(17)15(14)11(3)20-4/h5-8,11H,1-4H3. The number of rotatable bonds is 4. The second-order valence-corrected chi connectivity index (χ2v) is 5.20. The molecule has 2 aromatic rings. The van der Waals surface area contributed by atoms with Gasteiger partial charge >= 0.3 is 0 Å². The summed E-state index contributed by atoms with van der Waals surface area (Å²) in [5.41, 5.74) is 2.43. The first-order valence-corrected chi connectivity index (χ1v) is 6.93. The molecule has 0 fully saturated rings. The summed E-state index contributed by atoms with van der Waals surface area (Å²) in [6.07, 6.45) is 1.24. The minimum absolute atomic E-state index is 0.0126. The van der Waals surface area contributed by atoms with Gasteiger partial charge in [0, 0.05) is 18.4 Å². The van der Waals surface area contributed by atoms with E-state index in [0.29, 0.717) is 17.1 Å². The Kier molecular flexibility index (Phi) is 4.80. The van der Waals surface area contributed by atoms with E-state index in [4.69, 9.17) is 21.1 Å². The first-order valence-electron chi connectivity index (χ1n) is 6.55. The second-order valence-electron chi connectivity index (χ2n) is 4.83. The Morgan fingerprint density at radius 2 is 2.00 bits per heavy atom. The van der Waals surface area contributed by atoms with Crippen molar-refractivity contribution < 1.29 is 13.9 Å². The molecule has 0 saturated heterocycles. The first-order chi connectivity index (χ1) is 9.93. The monoisotopic (exact) mass is 309 g/mol. The zero-order chi connectivity index (χ0) is 15.6. The number of aryl methyl sites for hydroxylation is 2. The normalized spacial score (nSPS) is 12.3. The van der Waals surface area contributed by atoms with Crippen molar-refractivity contribution in [1.29, 1.82) is 0 Å². The summed E-state index contributed by atoms with van der Waals surface area (Å²) in [6, 6.07) is 4.69. The highest BCUT2D eigenvalue weighted by atomic mass is 35.5.